The zero-order chi connectivity index (χ0) is 20.7. The van der Waals surface area contributed by atoms with Gasteiger partial charge in [-0.05, 0) is 73.5 Å². The summed E-state index contributed by atoms with van der Waals surface area (Å²) in [5.74, 6) is 1.08. The fourth-order valence-electron chi connectivity index (χ4n) is 6.45. The molecule has 5 heteroatoms. The van der Waals surface area contributed by atoms with Crippen LogP contribution in [0.1, 0.15) is 28.8 Å². The molecular formula is C25H26N2O3. The van der Waals surface area contributed by atoms with Gasteiger partial charge in [0, 0.05) is 35.4 Å². The van der Waals surface area contributed by atoms with E-state index in [4.69, 9.17) is 9.72 Å². The van der Waals surface area contributed by atoms with Gasteiger partial charge in [-0.2, -0.15) is 0 Å². The summed E-state index contributed by atoms with van der Waals surface area (Å²) < 4.78 is 5.56. The summed E-state index contributed by atoms with van der Waals surface area (Å²) in [6, 6.07) is 13.8. The molecule has 2 aliphatic carbocycles. The predicted octanol–water partition coefficient (Wildman–Crippen LogP) is 2.98. The Morgan fingerprint density at radius 1 is 1.13 bits per heavy atom. The number of phenols is 1. The van der Waals surface area contributed by atoms with Gasteiger partial charge in [0.1, 0.15) is 11.5 Å². The van der Waals surface area contributed by atoms with E-state index in [9.17, 15) is 10.2 Å². The first-order valence-electron chi connectivity index (χ1n) is 10.7. The molecule has 0 radical (unpaired) electrons. The maximum atomic E-state index is 12.3. The summed E-state index contributed by atoms with van der Waals surface area (Å²) in [5, 5.41) is 23.6. The van der Waals surface area contributed by atoms with Gasteiger partial charge in [0.05, 0.1) is 18.2 Å². The molecule has 1 aromatic heterocycles. The predicted molar refractivity (Wildman–Crippen MR) is 115 cm³/mol. The molecule has 1 aliphatic heterocycles. The number of hydrogen-bond donors (Lipinski definition) is 2. The Kier molecular flexibility index (Phi) is 3.61. The standard InChI is InChI=1S/C25H26N2O3/c1-27-9-8-24-14-21-16(10-18-20(26-21)4-3-5-22(18)30-2)13-25(24,29)23(27)11-15-6-7-17(28)12-19(15)24/h3-7,10,12,23,28-29H,8-9,11,13-14H2,1-2H3/t23-,24-,25-/m1/s1. The zero-order valence-corrected chi connectivity index (χ0v) is 17.4. The number of piperidine rings is 1. The highest BCUT2D eigenvalue weighted by Crippen LogP contribution is 2.57. The number of likely N-dealkylation sites (N-methyl/N-ethyl adjacent to an activating group) is 1. The Morgan fingerprint density at radius 3 is 2.83 bits per heavy atom. The number of methoxy groups -OCH3 is 1. The molecule has 3 aromatic rings. The van der Waals surface area contributed by atoms with Gasteiger partial charge in [-0.25, -0.2) is 0 Å². The number of likely N-dealkylation sites (tertiary alicyclic amines) is 1. The molecule has 2 heterocycles. The lowest BCUT2D eigenvalue weighted by Crippen LogP contribution is -2.73. The number of ether oxygens (including phenoxy) is 1. The largest absolute Gasteiger partial charge is 0.508 e. The van der Waals surface area contributed by atoms with E-state index in [-0.39, 0.29) is 11.8 Å². The van der Waals surface area contributed by atoms with Crippen LogP contribution in [0.5, 0.6) is 11.5 Å². The number of aliphatic hydroxyl groups is 1. The number of hydrogen-bond acceptors (Lipinski definition) is 5. The summed E-state index contributed by atoms with van der Waals surface area (Å²) >= 11 is 0. The van der Waals surface area contributed by atoms with Crippen LogP contribution in [0.2, 0.25) is 0 Å². The van der Waals surface area contributed by atoms with Crippen molar-refractivity contribution in [3.05, 3.63) is 64.8 Å². The monoisotopic (exact) mass is 402 g/mol. The van der Waals surface area contributed by atoms with E-state index < -0.39 is 11.0 Å². The van der Waals surface area contributed by atoms with Gasteiger partial charge in [-0.15, -0.1) is 0 Å². The number of benzene rings is 2. The lowest BCUT2D eigenvalue weighted by atomic mass is 9.49. The molecule has 6 rings (SSSR count). The van der Waals surface area contributed by atoms with E-state index in [0.29, 0.717) is 12.8 Å². The molecule has 0 saturated carbocycles. The number of rotatable bonds is 1. The third-order valence-corrected chi connectivity index (χ3v) is 7.96. The number of fused-ring (bicyclic) bond motifs is 3. The van der Waals surface area contributed by atoms with Crippen LogP contribution in [-0.2, 0) is 24.7 Å². The number of pyridine rings is 1. The van der Waals surface area contributed by atoms with Gasteiger partial charge in [0.15, 0.2) is 0 Å². The van der Waals surface area contributed by atoms with Crippen molar-refractivity contribution in [2.75, 3.05) is 20.7 Å². The summed E-state index contributed by atoms with van der Waals surface area (Å²) in [7, 11) is 3.80. The van der Waals surface area contributed by atoms with Gasteiger partial charge >= 0.3 is 0 Å². The van der Waals surface area contributed by atoms with Crippen LogP contribution in [0, 0.1) is 0 Å². The second kappa shape index (κ2) is 5.96. The molecule has 2 N–H and O–H groups in total. The van der Waals surface area contributed by atoms with Crippen molar-refractivity contribution < 1.29 is 14.9 Å². The Hall–Kier alpha value is -2.63. The highest BCUT2D eigenvalue weighted by Gasteiger charge is 2.64. The van der Waals surface area contributed by atoms with Gasteiger partial charge in [0.25, 0.3) is 0 Å². The van der Waals surface area contributed by atoms with E-state index in [1.807, 2.05) is 30.3 Å². The van der Waals surface area contributed by atoms with Crippen LogP contribution in [-0.4, -0.2) is 52.4 Å². The lowest BCUT2D eigenvalue weighted by molar-refractivity contribution is -0.145. The molecular weight excluding hydrogens is 376 g/mol. The molecule has 2 bridgehead atoms. The number of aromatic nitrogens is 1. The summed E-state index contributed by atoms with van der Waals surface area (Å²) in [4.78, 5) is 7.35. The van der Waals surface area contributed by atoms with E-state index in [1.165, 1.54) is 5.56 Å². The Morgan fingerprint density at radius 2 is 2.00 bits per heavy atom. The zero-order valence-electron chi connectivity index (χ0n) is 17.4. The van der Waals surface area contributed by atoms with Crippen molar-refractivity contribution in [2.24, 2.45) is 0 Å². The lowest BCUT2D eigenvalue weighted by Gasteiger charge is -2.63. The fraction of sp³-hybridized carbons (Fsp3) is 0.400. The van der Waals surface area contributed by atoms with E-state index in [0.717, 1.165) is 52.9 Å². The maximum absolute atomic E-state index is 12.3. The SMILES string of the molecule is COc1cccc2nc3c(cc12)C[C@@]1(O)[C@H]2Cc4ccc(O)cc4[C@@]1(CCN2C)C3. The molecule has 154 valence electrons. The van der Waals surface area contributed by atoms with Crippen LogP contribution in [0.4, 0.5) is 0 Å². The first-order valence-corrected chi connectivity index (χ1v) is 10.7. The molecule has 0 unspecified atom stereocenters. The minimum Gasteiger partial charge on any atom is -0.508 e. The highest BCUT2D eigenvalue weighted by atomic mass is 16.5. The van der Waals surface area contributed by atoms with Crippen LogP contribution < -0.4 is 4.74 Å². The van der Waals surface area contributed by atoms with Gasteiger partial charge in [0.2, 0.25) is 0 Å². The van der Waals surface area contributed by atoms with E-state index in [1.54, 1.807) is 13.2 Å². The molecule has 2 aromatic carbocycles. The number of aromatic hydroxyl groups is 1. The van der Waals surface area contributed by atoms with Crippen LogP contribution >= 0.6 is 0 Å². The van der Waals surface area contributed by atoms with Crippen molar-refractivity contribution in [1.29, 1.82) is 0 Å². The van der Waals surface area contributed by atoms with Crippen LogP contribution in [0.15, 0.2) is 42.5 Å². The third kappa shape index (κ3) is 2.17. The highest BCUT2D eigenvalue weighted by molar-refractivity contribution is 5.86. The molecule has 5 nitrogen and oxygen atoms in total. The quantitative estimate of drug-likeness (QED) is 0.655. The van der Waals surface area contributed by atoms with Gasteiger partial charge < -0.3 is 19.8 Å². The average Bonchev–Trinajstić information content (AvgIpc) is 2.73. The van der Waals surface area contributed by atoms with Gasteiger partial charge in [-0.3, -0.25) is 4.98 Å². The minimum atomic E-state index is -0.898. The van der Waals surface area contributed by atoms with Gasteiger partial charge in [-0.1, -0.05) is 12.1 Å². The van der Waals surface area contributed by atoms with Crippen molar-refractivity contribution >= 4 is 10.9 Å². The second-order valence-electron chi connectivity index (χ2n) is 9.27. The number of nitrogens with zero attached hydrogens (tertiary/aromatic N) is 2. The molecule has 30 heavy (non-hydrogen) atoms. The minimum absolute atomic E-state index is 0.0461. The Balaban J connectivity index is 1.61. The topological polar surface area (TPSA) is 65.8 Å². The molecule has 3 atom stereocenters. The molecule has 1 saturated heterocycles. The first kappa shape index (κ1) is 18.2. The Bertz CT molecular complexity index is 1190. The average molecular weight is 402 g/mol. The van der Waals surface area contributed by atoms with E-state index >= 15 is 0 Å². The van der Waals surface area contributed by atoms with Crippen molar-refractivity contribution in [3.8, 4) is 11.5 Å². The maximum Gasteiger partial charge on any atom is 0.128 e. The van der Waals surface area contributed by atoms with Crippen molar-refractivity contribution in [1.82, 2.24) is 9.88 Å². The molecule has 3 aliphatic rings. The van der Waals surface area contributed by atoms with Crippen LogP contribution in [0.25, 0.3) is 10.9 Å². The molecule has 0 spiro atoms. The van der Waals surface area contributed by atoms with Crippen molar-refractivity contribution in [3.63, 3.8) is 0 Å². The smallest absolute Gasteiger partial charge is 0.128 e. The fourth-order valence-corrected chi connectivity index (χ4v) is 6.45. The summed E-state index contributed by atoms with van der Waals surface area (Å²) in [6.45, 7) is 0.929. The first-order chi connectivity index (χ1) is 14.4. The molecule has 1 fully saturated rings. The second-order valence-corrected chi connectivity index (χ2v) is 9.27. The van der Waals surface area contributed by atoms with E-state index in [2.05, 4.69) is 18.0 Å². The Labute approximate surface area is 175 Å². The number of phenolic OH excluding ortho intramolecular Hbond substituents is 1. The summed E-state index contributed by atoms with van der Waals surface area (Å²) in [6.07, 6.45) is 2.90. The summed E-state index contributed by atoms with van der Waals surface area (Å²) in [5.41, 5.74) is 4.10. The molecule has 0 amide bonds. The third-order valence-electron chi connectivity index (χ3n) is 7.96. The normalized spacial score (nSPS) is 29.8. The van der Waals surface area contributed by atoms with Crippen molar-refractivity contribution in [2.45, 2.75) is 42.7 Å². The van der Waals surface area contributed by atoms with Crippen LogP contribution in [0.3, 0.4) is 0 Å².